The standard InChI is InChI=1S/C12H16NO6P/c1-16-20(15,17-2)8-12(14)13-9-3-4-10-11(7-9)19-6-5-18-10/h3-4,7H,5-6,8H2,1-2H3,(H,13,14). The Morgan fingerprint density at radius 2 is 1.90 bits per heavy atom. The predicted octanol–water partition coefficient (Wildman–Crippen LogP) is 1.88. The van der Waals surface area contributed by atoms with Gasteiger partial charge in [-0.3, -0.25) is 9.36 Å². The minimum Gasteiger partial charge on any atom is -0.486 e. The van der Waals surface area contributed by atoms with Gasteiger partial charge in [0, 0.05) is 26.0 Å². The number of nitrogens with one attached hydrogen (secondary N) is 1. The molecule has 1 aliphatic heterocycles. The molecule has 0 atom stereocenters. The molecule has 7 nitrogen and oxygen atoms in total. The third kappa shape index (κ3) is 3.50. The first-order chi connectivity index (χ1) is 9.56. The Kier molecular flexibility index (Phi) is 4.65. The summed E-state index contributed by atoms with van der Waals surface area (Å²) in [4.78, 5) is 11.8. The highest BCUT2D eigenvalue weighted by Crippen LogP contribution is 2.46. The number of hydrogen-bond donors (Lipinski definition) is 1. The highest BCUT2D eigenvalue weighted by atomic mass is 31.2. The van der Waals surface area contributed by atoms with Crippen molar-refractivity contribution in [3.8, 4) is 11.5 Å². The molecule has 2 rings (SSSR count). The van der Waals surface area contributed by atoms with Crippen LogP contribution < -0.4 is 14.8 Å². The van der Waals surface area contributed by atoms with Crippen LogP contribution in [0.15, 0.2) is 18.2 Å². The van der Waals surface area contributed by atoms with Gasteiger partial charge in [0.2, 0.25) is 5.91 Å². The number of rotatable bonds is 5. The van der Waals surface area contributed by atoms with Crippen LogP contribution in [0.2, 0.25) is 0 Å². The van der Waals surface area contributed by atoms with E-state index in [0.717, 1.165) is 0 Å². The Bertz CT molecular complexity index is 539. The molecule has 0 aliphatic carbocycles. The molecule has 1 aromatic rings. The van der Waals surface area contributed by atoms with Crippen LogP contribution in [0.1, 0.15) is 0 Å². The molecular weight excluding hydrogens is 285 g/mol. The number of fused-ring (bicyclic) bond motifs is 1. The number of carbonyl (C=O) groups excluding carboxylic acids is 1. The van der Waals surface area contributed by atoms with E-state index < -0.39 is 13.5 Å². The number of carbonyl (C=O) groups is 1. The van der Waals surface area contributed by atoms with E-state index in [4.69, 9.17) is 18.5 Å². The van der Waals surface area contributed by atoms with Gasteiger partial charge in [0.05, 0.1) is 0 Å². The van der Waals surface area contributed by atoms with Crippen molar-refractivity contribution in [2.45, 2.75) is 0 Å². The minimum absolute atomic E-state index is 0.353. The van der Waals surface area contributed by atoms with Crippen molar-refractivity contribution in [1.82, 2.24) is 0 Å². The van der Waals surface area contributed by atoms with Gasteiger partial charge in [0.15, 0.2) is 11.5 Å². The third-order valence-electron chi connectivity index (χ3n) is 2.72. The molecule has 0 radical (unpaired) electrons. The molecule has 1 aliphatic rings. The lowest BCUT2D eigenvalue weighted by molar-refractivity contribution is -0.114. The second-order valence-electron chi connectivity index (χ2n) is 4.04. The lowest BCUT2D eigenvalue weighted by atomic mass is 10.2. The number of benzene rings is 1. The van der Waals surface area contributed by atoms with Gasteiger partial charge in [0.1, 0.15) is 19.4 Å². The number of anilines is 1. The highest BCUT2D eigenvalue weighted by molar-refractivity contribution is 7.54. The maximum Gasteiger partial charge on any atom is 0.339 e. The molecule has 110 valence electrons. The van der Waals surface area contributed by atoms with E-state index in [0.29, 0.717) is 30.4 Å². The molecular formula is C12H16NO6P. The average Bonchev–Trinajstić information content (AvgIpc) is 2.47. The molecule has 0 saturated carbocycles. The maximum atomic E-state index is 11.8. The van der Waals surface area contributed by atoms with Crippen molar-refractivity contribution < 1.29 is 27.9 Å². The second kappa shape index (κ2) is 6.26. The van der Waals surface area contributed by atoms with Crippen LogP contribution >= 0.6 is 7.60 Å². The summed E-state index contributed by atoms with van der Waals surface area (Å²) in [6.45, 7) is 0.969. The minimum atomic E-state index is -3.37. The Hall–Kier alpha value is -1.56. The quantitative estimate of drug-likeness (QED) is 0.836. The van der Waals surface area contributed by atoms with Crippen molar-refractivity contribution in [2.75, 3.05) is 38.9 Å². The molecule has 0 unspecified atom stereocenters. The summed E-state index contributed by atoms with van der Waals surface area (Å²) >= 11 is 0. The molecule has 0 bridgehead atoms. The lowest BCUT2D eigenvalue weighted by Gasteiger charge is -2.19. The predicted molar refractivity (Wildman–Crippen MR) is 72.6 cm³/mol. The number of amides is 1. The zero-order chi connectivity index (χ0) is 14.6. The monoisotopic (exact) mass is 301 g/mol. The van der Waals surface area contributed by atoms with Crippen molar-refractivity contribution in [3.63, 3.8) is 0 Å². The molecule has 0 saturated heterocycles. The number of hydrogen-bond acceptors (Lipinski definition) is 6. The second-order valence-corrected chi connectivity index (χ2v) is 6.31. The van der Waals surface area contributed by atoms with Crippen LogP contribution in [-0.4, -0.2) is 39.5 Å². The van der Waals surface area contributed by atoms with Gasteiger partial charge in [-0.25, -0.2) is 0 Å². The van der Waals surface area contributed by atoms with Gasteiger partial charge in [0.25, 0.3) is 0 Å². The molecule has 0 spiro atoms. The smallest absolute Gasteiger partial charge is 0.339 e. The van der Waals surface area contributed by atoms with E-state index in [1.165, 1.54) is 14.2 Å². The van der Waals surface area contributed by atoms with E-state index in [1.54, 1.807) is 18.2 Å². The average molecular weight is 301 g/mol. The topological polar surface area (TPSA) is 83.1 Å². The molecule has 1 aromatic carbocycles. The fourth-order valence-electron chi connectivity index (χ4n) is 1.70. The zero-order valence-corrected chi connectivity index (χ0v) is 12.1. The fourth-order valence-corrected chi connectivity index (χ4v) is 2.54. The highest BCUT2D eigenvalue weighted by Gasteiger charge is 2.25. The normalized spacial score (nSPS) is 13.9. The zero-order valence-electron chi connectivity index (χ0n) is 11.3. The molecule has 0 aromatic heterocycles. The van der Waals surface area contributed by atoms with Crippen LogP contribution in [0, 0.1) is 0 Å². The third-order valence-corrected chi connectivity index (χ3v) is 4.51. The summed E-state index contributed by atoms with van der Waals surface area (Å²) in [5.41, 5.74) is 0.526. The van der Waals surface area contributed by atoms with E-state index in [9.17, 15) is 9.36 Å². The first-order valence-electron chi connectivity index (χ1n) is 5.96. The van der Waals surface area contributed by atoms with E-state index in [1.807, 2.05) is 0 Å². The van der Waals surface area contributed by atoms with Crippen LogP contribution in [0.5, 0.6) is 11.5 Å². The Morgan fingerprint density at radius 1 is 1.25 bits per heavy atom. The van der Waals surface area contributed by atoms with E-state index >= 15 is 0 Å². The Morgan fingerprint density at radius 3 is 2.55 bits per heavy atom. The van der Waals surface area contributed by atoms with E-state index in [2.05, 4.69) is 5.32 Å². The SMILES string of the molecule is COP(=O)(CC(=O)Nc1ccc2c(c1)OCCO2)OC. The molecule has 1 amide bonds. The van der Waals surface area contributed by atoms with Gasteiger partial charge < -0.3 is 23.8 Å². The van der Waals surface area contributed by atoms with Crippen LogP contribution in [0.25, 0.3) is 0 Å². The van der Waals surface area contributed by atoms with Crippen molar-refractivity contribution in [1.29, 1.82) is 0 Å². The maximum absolute atomic E-state index is 11.8. The molecule has 20 heavy (non-hydrogen) atoms. The van der Waals surface area contributed by atoms with Gasteiger partial charge in [-0.05, 0) is 12.1 Å². The first-order valence-corrected chi connectivity index (χ1v) is 7.69. The summed E-state index contributed by atoms with van der Waals surface area (Å²) < 4.78 is 32.0. The Labute approximate surface area is 116 Å². The van der Waals surface area contributed by atoms with Crippen molar-refractivity contribution in [3.05, 3.63) is 18.2 Å². The van der Waals surface area contributed by atoms with Crippen molar-refractivity contribution in [2.24, 2.45) is 0 Å². The summed E-state index contributed by atoms with van der Waals surface area (Å²) in [5.74, 6) is 0.734. The van der Waals surface area contributed by atoms with Crippen LogP contribution in [0.4, 0.5) is 5.69 Å². The van der Waals surface area contributed by atoms with Crippen LogP contribution in [-0.2, 0) is 18.4 Å². The number of ether oxygens (including phenoxy) is 2. The van der Waals surface area contributed by atoms with Gasteiger partial charge in [-0.2, -0.15) is 0 Å². The van der Waals surface area contributed by atoms with Crippen LogP contribution in [0.3, 0.4) is 0 Å². The van der Waals surface area contributed by atoms with Crippen molar-refractivity contribution >= 4 is 19.2 Å². The summed E-state index contributed by atoms with van der Waals surface area (Å²) in [6, 6.07) is 5.03. The van der Waals surface area contributed by atoms with Gasteiger partial charge in [-0.1, -0.05) is 0 Å². The molecule has 8 heteroatoms. The largest absolute Gasteiger partial charge is 0.486 e. The summed E-state index contributed by atoms with van der Waals surface area (Å²) in [5, 5.41) is 2.61. The van der Waals surface area contributed by atoms with Gasteiger partial charge >= 0.3 is 7.60 Å². The Balaban J connectivity index is 2.03. The van der Waals surface area contributed by atoms with Gasteiger partial charge in [-0.15, -0.1) is 0 Å². The van der Waals surface area contributed by atoms with E-state index in [-0.39, 0.29) is 6.16 Å². The lowest BCUT2D eigenvalue weighted by Crippen LogP contribution is -2.18. The molecule has 1 heterocycles. The molecule has 0 fully saturated rings. The fraction of sp³-hybridized carbons (Fsp3) is 0.417. The summed E-state index contributed by atoms with van der Waals surface area (Å²) in [6.07, 6.45) is -0.353. The first kappa shape index (κ1) is 14.8. The molecule has 1 N–H and O–H groups in total. The summed E-state index contributed by atoms with van der Waals surface area (Å²) in [7, 11) is -0.890.